The Hall–Kier alpha value is -1.06. The second kappa shape index (κ2) is 7.05. The van der Waals surface area contributed by atoms with Crippen molar-refractivity contribution in [2.75, 3.05) is 0 Å². The zero-order chi connectivity index (χ0) is 17.2. The number of rotatable bonds is 2. The number of nitrogens with zero attached hydrogens (tertiary/aromatic N) is 2. The van der Waals surface area contributed by atoms with Gasteiger partial charge in [-0.3, -0.25) is 0 Å². The molecule has 0 spiro atoms. The topological polar surface area (TPSA) is 24.7 Å². The maximum absolute atomic E-state index is 6.52. The van der Waals surface area contributed by atoms with Crippen LogP contribution in [0.4, 0.5) is 0 Å². The highest BCUT2D eigenvalue weighted by atomic mass is 35.5. The fourth-order valence-corrected chi connectivity index (χ4v) is 3.49. The summed E-state index contributed by atoms with van der Waals surface area (Å²) in [6.07, 6.45) is 0.700. The van der Waals surface area contributed by atoms with Gasteiger partial charge < -0.3 is 0 Å². The van der Waals surface area contributed by atoms with Crippen LogP contribution in [0.15, 0.2) is 70.9 Å². The van der Waals surface area contributed by atoms with Crippen LogP contribution in [-0.4, -0.2) is 20.1 Å². The van der Waals surface area contributed by atoms with E-state index >= 15 is 0 Å². The first-order chi connectivity index (χ1) is 11.4. The molecule has 0 aliphatic carbocycles. The Labute approximate surface area is 161 Å². The molecule has 0 fully saturated rings. The molecular weight excluding hydrogens is 386 g/mol. The molecule has 1 aliphatic rings. The van der Waals surface area contributed by atoms with Crippen LogP contribution in [0.2, 0.25) is 0 Å². The Morgan fingerprint density at radius 1 is 0.583 bits per heavy atom. The molecule has 2 nitrogen and oxygen atoms in total. The number of halogens is 4. The van der Waals surface area contributed by atoms with Gasteiger partial charge in [0.1, 0.15) is 11.4 Å². The minimum atomic E-state index is -1.22. The van der Waals surface area contributed by atoms with Crippen LogP contribution < -0.4 is 0 Å². The SMILES string of the molecule is ClC1(Cl)CCC(Cl)(Cl)C(c2ccccc2)=NN=C1c1ccccc1. The lowest BCUT2D eigenvalue weighted by Crippen LogP contribution is -2.35. The smallest absolute Gasteiger partial charge is 0.151 e. The Morgan fingerprint density at radius 3 is 1.25 bits per heavy atom. The molecule has 24 heavy (non-hydrogen) atoms. The van der Waals surface area contributed by atoms with E-state index < -0.39 is 8.67 Å². The van der Waals surface area contributed by atoms with E-state index in [0.29, 0.717) is 24.3 Å². The van der Waals surface area contributed by atoms with Gasteiger partial charge in [0.25, 0.3) is 0 Å². The summed E-state index contributed by atoms with van der Waals surface area (Å²) in [6.45, 7) is 0. The maximum atomic E-state index is 6.52. The van der Waals surface area contributed by atoms with Gasteiger partial charge >= 0.3 is 0 Å². The summed E-state index contributed by atoms with van der Waals surface area (Å²) >= 11 is 26.1. The van der Waals surface area contributed by atoms with Gasteiger partial charge in [-0.15, -0.1) is 0 Å². The first kappa shape index (κ1) is 17.8. The highest BCUT2D eigenvalue weighted by Gasteiger charge is 2.41. The normalized spacial score (nSPS) is 19.7. The number of hydrogen-bond donors (Lipinski definition) is 0. The summed E-state index contributed by atoms with van der Waals surface area (Å²) in [5, 5.41) is 8.66. The van der Waals surface area contributed by atoms with E-state index in [4.69, 9.17) is 46.4 Å². The Balaban J connectivity index is 2.15. The van der Waals surface area contributed by atoms with Crippen LogP contribution in [0.5, 0.6) is 0 Å². The van der Waals surface area contributed by atoms with E-state index in [1.807, 2.05) is 60.7 Å². The molecule has 0 saturated heterocycles. The third-order valence-electron chi connectivity index (χ3n) is 3.79. The molecule has 0 unspecified atom stereocenters. The molecule has 0 saturated carbocycles. The van der Waals surface area contributed by atoms with Crippen LogP contribution in [0.25, 0.3) is 0 Å². The van der Waals surface area contributed by atoms with Crippen molar-refractivity contribution in [2.45, 2.75) is 21.5 Å². The van der Waals surface area contributed by atoms with Crippen molar-refractivity contribution >= 4 is 57.8 Å². The van der Waals surface area contributed by atoms with Crippen LogP contribution >= 0.6 is 46.4 Å². The van der Waals surface area contributed by atoms with Gasteiger partial charge in [-0.05, 0) is 12.8 Å². The fourth-order valence-electron chi connectivity index (χ4n) is 2.53. The molecule has 1 aliphatic heterocycles. The van der Waals surface area contributed by atoms with E-state index in [2.05, 4.69) is 10.2 Å². The number of hydrogen-bond acceptors (Lipinski definition) is 2. The molecule has 3 rings (SSSR count). The molecule has 0 aromatic heterocycles. The van der Waals surface area contributed by atoms with E-state index in [1.165, 1.54) is 0 Å². The third-order valence-corrected chi connectivity index (χ3v) is 5.26. The predicted octanol–water partition coefficient (Wildman–Crippen LogP) is 6.02. The van der Waals surface area contributed by atoms with Gasteiger partial charge in [-0.2, -0.15) is 10.2 Å². The van der Waals surface area contributed by atoms with Crippen molar-refractivity contribution in [1.29, 1.82) is 0 Å². The van der Waals surface area contributed by atoms with Gasteiger partial charge in [0.2, 0.25) is 0 Å². The lowest BCUT2D eigenvalue weighted by Gasteiger charge is -2.29. The van der Waals surface area contributed by atoms with E-state index in [0.717, 1.165) is 11.1 Å². The zero-order valence-electron chi connectivity index (χ0n) is 12.6. The summed E-state index contributed by atoms with van der Waals surface area (Å²) in [5.74, 6) is 0. The Bertz CT molecular complexity index is 701. The molecule has 0 N–H and O–H groups in total. The van der Waals surface area contributed by atoms with Crippen molar-refractivity contribution in [3.05, 3.63) is 71.8 Å². The summed E-state index contributed by atoms with van der Waals surface area (Å²) in [4.78, 5) is 0. The molecule has 0 atom stereocenters. The second-order valence-electron chi connectivity index (χ2n) is 5.54. The third kappa shape index (κ3) is 3.78. The van der Waals surface area contributed by atoms with Crippen molar-refractivity contribution < 1.29 is 0 Å². The first-order valence-corrected chi connectivity index (χ1v) is 8.94. The molecule has 6 heteroatoms. The van der Waals surface area contributed by atoms with Gasteiger partial charge in [-0.25, -0.2) is 0 Å². The summed E-state index contributed by atoms with van der Waals surface area (Å²) in [7, 11) is 0. The van der Waals surface area contributed by atoms with Crippen molar-refractivity contribution in [1.82, 2.24) is 0 Å². The zero-order valence-corrected chi connectivity index (χ0v) is 15.6. The maximum Gasteiger partial charge on any atom is 0.162 e. The number of alkyl halides is 4. The van der Waals surface area contributed by atoms with Crippen LogP contribution in [-0.2, 0) is 0 Å². The molecule has 0 amide bonds. The monoisotopic (exact) mass is 398 g/mol. The molecule has 1 heterocycles. The lowest BCUT2D eigenvalue weighted by molar-refractivity contribution is 0.729. The molecule has 2 aromatic carbocycles. The molecule has 0 bridgehead atoms. The number of benzene rings is 2. The van der Waals surface area contributed by atoms with Gasteiger partial charge in [0.15, 0.2) is 8.67 Å². The highest BCUT2D eigenvalue weighted by Crippen LogP contribution is 2.41. The quantitative estimate of drug-likeness (QED) is 0.551. The molecule has 0 radical (unpaired) electrons. The van der Waals surface area contributed by atoms with E-state index in [1.54, 1.807) is 0 Å². The minimum Gasteiger partial charge on any atom is -0.151 e. The van der Waals surface area contributed by atoms with Crippen LogP contribution in [0.1, 0.15) is 24.0 Å². The van der Waals surface area contributed by atoms with E-state index in [-0.39, 0.29) is 0 Å². The lowest BCUT2D eigenvalue weighted by atomic mass is 9.98. The predicted molar refractivity (Wildman–Crippen MR) is 104 cm³/mol. The van der Waals surface area contributed by atoms with Gasteiger partial charge in [0.05, 0.1) is 0 Å². The fraction of sp³-hybridized carbons (Fsp3) is 0.222. The summed E-state index contributed by atoms with van der Waals surface area (Å²) in [5.41, 5.74) is 2.61. The van der Waals surface area contributed by atoms with Crippen LogP contribution in [0.3, 0.4) is 0 Å². The Morgan fingerprint density at radius 2 is 0.917 bits per heavy atom. The Kier molecular flexibility index (Phi) is 5.22. The molecule has 124 valence electrons. The molecule has 2 aromatic rings. The van der Waals surface area contributed by atoms with Crippen molar-refractivity contribution in [2.24, 2.45) is 10.2 Å². The minimum absolute atomic E-state index is 0.350. The average molecular weight is 400 g/mol. The van der Waals surface area contributed by atoms with Crippen molar-refractivity contribution in [3.63, 3.8) is 0 Å². The van der Waals surface area contributed by atoms with Gasteiger partial charge in [-0.1, -0.05) is 107 Å². The summed E-state index contributed by atoms with van der Waals surface area (Å²) in [6, 6.07) is 19.0. The molecular formula is C18H14Cl4N2. The van der Waals surface area contributed by atoms with E-state index in [9.17, 15) is 0 Å². The second-order valence-corrected chi connectivity index (χ2v) is 8.51. The van der Waals surface area contributed by atoms with Gasteiger partial charge in [0, 0.05) is 11.1 Å². The first-order valence-electron chi connectivity index (χ1n) is 7.43. The average Bonchev–Trinajstić information content (AvgIpc) is 2.57. The summed E-state index contributed by atoms with van der Waals surface area (Å²) < 4.78 is -2.44. The highest BCUT2D eigenvalue weighted by molar-refractivity contribution is 6.62. The van der Waals surface area contributed by atoms with Crippen LogP contribution in [0, 0.1) is 0 Å². The van der Waals surface area contributed by atoms with Crippen molar-refractivity contribution in [3.8, 4) is 0 Å². The standard InChI is InChI=1S/C18H14Cl4N2/c19-17(20)11-12-18(21,22)16(14-9-5-2-6-10-14)24-23-15(17)13-7-3-1-4-8-13/h1-10H,11-12H2. The largest absolute Gasteiger partial charge is 0.162 e.